The molecule has 228 valence electrons. The number of aliphatic hydroxyl groups excluding tert-OH is 2. The van der Waals surface area contributed by atoms with Crippen molar-refractivity contribution >= 4 is 5.97 Å². The smallest absolute Gasteiger partial charge is 0.334 e. The van der Waals surface area contributed by atoms with E-state index in [-0.39, 0.29) is 12.1 Å². The zero-order chi connectivity index (χ0) is 28.4. The molecule has 1 rings (SSSR count). The van der Waals surface area contributed by atoms with Gasteiger partial charge in [-0.2, -0.15) is 0 Å². The first-order valence-corrected chi connectivity index (χ1v) is 17.0. The Balaban J connectivity index is 1.82. The van der Waals surface area contributed by atoms with Crippen LogP contribution in [0.5, 0.6) is 0 Å². The lowest BCUT2D eigenvalue weighted by Crippen LogP contribution is -2.25. The average molecular weight is 549 g/mol. The fourth-order valence-electron chi connectivity index (χ4n) is 5.54. The van der Waals surface area contributed by atoms with E-state index in [0.29, 0.717) is 12.8 Å². The summed E-state index contributed by atoms with van der Waals surface area (Å²) in [6.45, 7) is 4.19. The number of unbranched alkanes of at least 4 members (excludes halogenated alkanes) is 19. The van der Waals surface area contributed by atoms with E-state index in [1.807, 2.05) is 13.0 Å². The van der Waals surface area contributed by atoms with E-state index in [0.717, 1.165) is 50.5 Å². The Hall–Kier alpha value is -1.13. The quantitative estimate of drug-likeness (QED) is 0.0580. The highest BCUT2D eigenvalue weighted by Crippen LogP contribution is 2.20. The monoisotopic (exact) mass is 548 g/mol. The number of allylic oxidation sites excluding steroid dienone is 2. The van der Waals surface area contributed by atoms with E-state index in [1.54, 1.807) is 0 Å². The maximum absolute atomic E-state index is 11.6. The van der Waals surface area contributed by atoms with Gasteiger partial charge < -0.3 is 14.9 Å². The minimum Gasteiger partial charge on any atom is -0.455 e. The van der Waals surface area contributed by atoms with Crippen molar-refractivity contribution in [2.45, 2.75) is 193 Å². The molecule has 0 spiro atoms. The molecule has 0 unspecified atom stereocenters. The van der Waals surface area contributed by atoms with Crippen molar-refractivity contribution in [1.29, 1.82) is 0 Å². The summed E-state index contributed by atoms with van der Waals surface area (Å²) in [4.78, 5) is 11.6. The fourth-order valence-corrected chi connectivity index (χ4v) is 5.54. The molecule has 0 aromatic rings. The normalized spacial score (nSPS) is 17.1. The van der Waals surface area contributed by atoms with E-state index in [4.69, 9.17) is 4.74 Å². The first kappa shape index (κ1) is 35.9. The first-order chi connectivity index (χ1) is 19.0. The molecule has 4 heteroatoms. The zero-order valence-electron chi connectivity index (χ0n) is 25.9. The Morgan fingerprint density at radius 1 is 0.667 bits per heavy atom. The maximum atomic E-state index is 11.6. The summed E-state index contributed by atoms with van der Waals surface area (Å²) in [6, 6.07) is 0. The predicted octanol–water partition coefficient (Wildman–Crippen LogP) is 9.91. The second-order valence-corrected chi connectivity index (χ2v) is 12.0. The molecule has 39 heavy (non-hydrogen) atoms. The van der Waals surface area contributed by atoms with Crippen molar-refractivity contribution in [3.63, 3.8) is 0 Å². The molecule has 3 atom stereocenters. The van der Waals surface area contributed by atoms with Crippen LogP contribution >= 0.6 is 0 Å². The second kappa shape index (κ2) is 25.8. The van der Waals surface area contributed by atoms with Gasteiger partial charge in [-0.05, 0) is 57.9 Å². The van der Waals surface area contributed by atoms with Gasteiger partial charge in [0.15, 0.2) is 0 Å². The minimum atomic E-state index is -0.600. The van der Waals surface area contributed by atoms with Crippen LogP contribution in [0, 0.1) is 0 Å². The molecule has 1 heterocycles. The van der Waals surface area contributed by atoms with Crippen molar-refractivity contribution in [3.05, 3.63) is 23.8 Å². The summed E-state index contributed by atoms with van der Waals surface area (Å²) in [7, 11) is 0. The molecule has 0 fully saturated rings. The molecule has 1 aliphatic rings. The summed E-state index contributed by atoms with van der Waals surface area (Å²) in [5.41, 5.74) is 0.856. The van der Waals surface area contributed by atoms with E-state index in [9.17, 15) is 15.0 Å². The van der Waals surface area contributed by atoms with E-state index >= 15 is 0 Å². The topological polar surface area (TPSA) is 66.8 Å². The largest absolute Gasteiger partial charge is 0.455 e. The van der Waals surface area contributed by atoms with Crippen LogP contribution in [-0.4, -0.2) is 34.5 Å². The number of carbonyl (C=O) groups is 1. The van der Waals surface area contributed by atoms with E-state index < -0.39 is 12.2 Å². The number of hydrogen-bond acceptors (Lipinski definition) is 4. The molecule has 0 saturated carbocycles. The molecule has 0 aromatic carbocycles. The number of hydrogen-bond donors (Lipinski definition) is 2. The van der Waals surface area contributed by atoms with Crippen LogP contribution in [0.4, 0.5) is 0 Å². The number of aliphatic hydroxyl groups is 2. The van der Waals surface area contributed by atoms with Gasteiger partial charge in [0.2, 0.25) is 0 Å². The summed E-state index contributed by atoms with van der Waals surface area (Å²) < 4.78 is 5.13. The average Bonchev–Trinajstić information content (AvgIpc) is 3.25. The third-order valence-corrected chi connectivity index (χ3v) is 8.15. The minimum absolute atomic E-state index is 0.0530. The van der Waals surface area contributed by atoms with Crippen molar-refractivity contribution in [1.82, 2.24) is 0 Å². The van der Waals surface area contributed by atoms with Gasteiger partial charge in [0, 0.05) is 5.57 Å². The maximum Gasteiger partial charge on any atom is 0.334 e. The molecule has 4 nitrogen and oxygen atoms in total. The number of carbonyl (C=O) groups excluding carboxylic acids is 1. The van der Waals surface area contributed by atoms with Crippen LogP contribution in [0.3, 0.4) is 0 Å². The van der Waals surface area contributed by atoms with Crippen LogP contribution in [0.15, 0.2) is 23.8 Å². The summed E-state index contributed by atoms with van der Waals surface area (Å²) in [6.07, 6.45) is 35.2. The van der Waals surface area contributed by atoms with Gasteiger partial charge in [-0.3, -0.25) is 0 Å². The van der Waals surface area contributed by atoms with E-state index in [2.05, 4.69) is 19.1 Å². The molecule has 0 bridgehead atoms. The Labute approximate surface area is 242 Å². The summed E-state index contributed by atoms with van der Waals surface area (Å²) in [5.74, 6) is -0.128. The molecule has 2 N–H and O–H groups in total. The zero-order valence-corrected chi connectivity index (χ0v) is 25.9. The standard InChI is InChI=1S/C35H64O4/c1-3-4-5-6-7-8-9-10-11-12-13-14-15-19-22-25-28-33(36)34(37)29-26-23-20-17-16-18-21-24-27-32-30-31(2)39-35(32)38/h19,22,30-31,33-34,36-37H,3-18,20-21,23-29H2,1-2H3/b22-19-/t31-,33+,34+/m1/s1. The molecule has 1 aliphatic heterocycles. The van der Waals surface area contributed by atoms with Gasteiger partial charge in [-0.15, -0.1) is 0 Å². The van der Waals surface area contributed by atoms with Crippen molar-refractivity contribution in [3.8, 4) is 0 Å². The molecular formula is C35H64O4. The third-order valence-electron chi connectivity index (χ3n) is 8.15. The van der Waals surface area contributed by atoms with Gasteiger partial charge in [0.1, 0.15) is 6.10 Å². The van der Waals surface area contributed by atoms with Crippen LogP contribution in [0.2, 0.25) is 0 Å². The van der Waals surface area contributed by atoms with Gasteiger partial charge in [0.05, 0.1) is 12.2 Å². The fraction of sp³-hybridized carbons (Fsp3) is 0.857. The molecule has 0 aromatic heterocycles. The lowest BCUT2D eigenvalue weighted by atomic mass is 10.0. The number of cyclic esters (lactones) is 1. The molecule has 0 amide bonds. The van der Waals surface area contributed by atoms with Crippen molar-refractivity contribution in [2.75, 3.05) is 0 Å². The number of rotatable bonds is 28. The highest BCUT2D eigenvalue weighted by atomic mass is 16.5. The lowest BCUT2D eigenvalue weighted by Gasteiger charge is -2.17. The third kappa shape index (κ3) is 21.3. The molecular weight excluding hydrogens is 484 g/mol. The molecule has 0 aliphatic carbocycles. The number of ether oxygens (including phenoxy) is 1. The highest BCUT2D eigenvalue weighted by molar-refractivity contribution is 5.90. The highest BCUT2D eigenvalue weighted by Gasteiger charge is 2.21. The van der Waals surface area contributed by atoms with E-state index in [1.165, 1.54) is 103 Å². The second-order valence-electron chi connectivity index (χ2n) is 12.0. The number of esters is 1. The Morgan fingerprint density at radius 3 is 1.67 bits per heavy atom. The predicted molar refractivity (Wildman–Crippen MR) is 166 cm³/mol. The van der Waals surface area contributed by atoms with Gasteiger partial charge >= 0.3 is 5.97 Å². The van der Waals surface area contributed by atoms with Crippen LogP contribution in [-0.2, 0) is 9.53 Å². The Bertz CT molecular complexity index is 626. The van der Waals surface area contributed by atoms with Crippen LogP contribution in [0.25, 0.3) is 0 Å². The Kier molecular flexibility index (Phi) is 23.8. The molecule has 0 radical (unpaired) electrons. The lowest BCUT2D eigenvalue weighted by molar-refractivity contribution is -0.139. The Morgan fingerprint density at radius 2 is 1.13 bits per heavy atom. The van der Waals surface area contributed by atoms with Gasteiger partial charge in [0.25, 0.3) is 0 Å². The van der Waals surface area contributed by atoms with Crippen molar-refractivity contribution in [2.24, 2.45) is 0 Å². The van der Waals surface area contributed by atoms with Gasteiger partial charge in [-0.25, -0.2) is 4.79 Å². The summed E-state index contributed by atoms with van der Waals surface area (Å²) >= 11 is 0. The SMILES string of the molecule is CCCCCCCCCCCCCC/C=C\CC[C@H](O)[C@@H](O)CCCCCCCCCCC1=C[C@@H](C)OC1=O. The van der Waals surface area contributed by atoms with Crippen molar-refractivity contribution < 1.29 is 19.7 Å². The van der Waals surface area contributed by atoms with Crippen LogP contribution in [0.1, 0.15) is 174 Å². The first-order valence-electron chi connectivity index (χ1n) is 17.0. The summed E-state index contributed by atoms with van der Waals surface area (Å²) in [5, 5.41) is 20.5. The van der Waals surface area contributed by atoms with Gasteiger partial charge in [-0.1, -0.05) is 135 Å². The van der Waals surface area contributed by atoms with Crippen LogP contribution < -0.4 is 0 Å². The molecule has 0 saturated heterocycles.